The van der Waals surface area contributed by atoms with Gasteiger partial charge in [0.15, 0.2) is 6.29 Å². The van der Waals surface area contributed by atoms with Crippen LogP contribution in [0.15, 0.2) is 0 Å². The van der Waals surface area contributed by atoms with E-state index in [0.29, 0.717) is 13.2 Å². The summed E-state index contributed by atoms with van der Waals surface area (Å²) < 4.78 is 10.6. The van der Waals surface area contributed by atoms with E-state index in [4.69, 9.17) is 9.47 Å². The topological polar surface area (TPSA) is 50.7 Å². The van der Waals surface area contributed by atoms with E-state index < -0.39 is 6.29 Å². The van der Waals surface area contributed by atoms with E-state index in [0.717, 1.165) is 0 Å². The van der Waals surface area contributed by atoms with Gasteiger partial charge in [0, 0.05) is 12.5 Å². The van der Waals surface area contributed by atoms with Crippen LogP contribution in [0.5, 0.6) is 0 Å². The van der Waals surface area contributed by atoms with Crippen LogP contribution in [0.1, 0.15) is 13.3 Å². The Labute approximate surface area is 65.5 Å². The number of hydrogen-bond acceptors (Lipinski definition) is 4. The van der Waals surface area contributed by atoms with Crippen molar-refractivity contribution in [2.75, 3.05) is 6.73 Å². The molecule has 4 heteroatoms. The summed E-state index contributed by atoms with van der Waals surface area (Å²) in [5, 5.41) is 12.4. The summed E-state index contributed by atoms with van der Waals surface area (Å²) in [7, 11) is 0. The fraction of sp³-hybridized carbons (Fsp3) is 1.00. The standard InChI is InChI=1S/C7H13NO3/c1-4-7-5(8-3-10-7)2-6(9)11-4/h4-9H,2-3H2,1H3/t4-,5?,6+,7+/m0/s1. The van der Waals surface area contributed by atoms with Crippen LogP contribution in [0, 0.1) is 0 Å². The van der Waals surface area contributed by atoms with Gasteiger partial charge in [0.1, 0.15) is 6.10 Å². The molecule has 2 aliphatic rings. The number of aliphatic hydroxyl groups excluding tert-OH is 1. The van der Waals surface area contributed by atoms with E-state index in [9.17, 15) is 5.11 Å². The van der Waals surface area contributed by atoms with Crippen molar-refractivity contribution in [3.63, 3.8) is 0 Å². The fourth-order valence-electron chi connectivity index (χ4n) is 1.76. The Hall–Kier alpha value is -0.160. The number of hydrogen-bond donors (Lipinski definition) is 2. The summed E-state index contributed by atoms with van der Waals surface area (Å²) in [5.41, 5.74) is 0. The molecule has 2 heterocycles. The van der Waals surface area contributed by atoms with Crippen LogP contribution < -0.4 is 5.32 Å². The van der Waals surface area contributed by atoms with Crippen LogP contribution in [0.2, 0.25) is 0 Å². The summed E-state index contributed by atoms with van der Waals surface area (Å²) in [4.78, 5) is 0. The smallest absolute Gasteiger partial charge is 0.156 e. The van der Waals surface area contributed by atoms with Crippen LogP contribution in [-0.4, -0.2) is 36.4 Å². The maximum Gasteiger partial charge on any atom is 0.156 e. The molecule has 2 saturated heterocycles. The summed E-state index contributed by atoms with van der Waals surface area (Å²) in [6, 6.07) is 0.272. The van der Waals surface area contributed by atoms with Gasteiger partial charge in [-0.1, -0.05) is 0 Å². The summed E-state index contributed by atoms with van der Waals surface area (Å²) >= 11 is 0. The molecule has 2 rings (SSSR count). The largest absolute Gasteiger partial charge is 0.368 e. The zero-order valence-corrected chi connectivity index (χ0v) is 6.49. The van der Waals surface area contributed by atoms with Crippen molar-refractivity contribution < 1.29 is 14.6 Å². The second-order valence-electron chi connectivity index (χ2n) is 3.12. The molecule has 2 N–H and O–H groups in total. The number of fused-ring (bicyclic) bond motifs is 1. The highest BCUT2D eigenvalue weighted by Gasteiger charge is 2.39. The van der Waals surface area contributed by atoms with Crippen molar-refractivity contribution in [1.29, 1.82) is 0 Å². The van der Waals surface area contributed by atoms with Gasteiger partial charge in [0.2, 0.25) is 0 Å². The Morgan fingerprint density at radius 3 is 3.18 bits per heavy atom. The van der Waals surface area contributed by atoms with E-state index in [2.05, 4.69) is 5.32 Å². The van der Waals surface area contributed by atoms with Crippen molar-refractivity contribution in [3.05, 3.63) is 0 Å². The first-order chi connectivity index (χ1) is 5.27. The van der Waals surface area contributed by atoms with Crippen molar-refractivity contribution >= 4 is 0 Å². The summed E-state index contributed by atoms with van der Waals surface area (Å²) in [5.74, 6) is 0. The Bertz CT molecular complexity index is 153. The lowest BCUT2D eigenvalue weighted by atomic mass is 10.0. The molecule has 0 bridgehead atoms. The Balaban J connectivity index is 2.04. The Morgan fingerprint density at radius 2 is 2.36 bits per heavy atom. The molecule has 0 saturated carbocycles. The minimum Gasteiger partial charge on any atom is -0.368 e. The average Bonchev–Trinajstić information content (AvgIpc) is 2.34. The zero-order valence-electron chi connectivity index (χ0n) is 6.49. The monoisotopic (exact) mass is 159 g/mol. The van der Waals surface area contributed by atoms with E-state index in [-0.39, 0.29) is 18.2 Å². The molecule has 0 aromatic carbocycles. The molecule has 2 aliphatic heterocycles. The van der Waals surface area contributed by atoms with Gasteiger partial charge in [0.25, 0.3) is 0 Å². The molecule has 0 amide bonds. The molecule has 4 nitrogen and oxygen atoms in total. The molecule has 4 atom stereocenters. The van der Waals surface area contributed by atoms with Crippen LogP contribution in [0.3, 0.4) is 0 Å². The van der Waals surface area contributed by atoms with E-state index in [1.165, 1.54) is 0 Å². The molecule has 64 valence electrons. The van der Waals surface area contributed by atoms with Gasteiger partial charge in [0.05, 0.1) is 12.8 Å². The van der Waals surface area contributed by atoms with Gasteiger partial charge in [-0.05, 0) is 6.92 Å². The van der Waals surface area contributed by atoms with Gasteiger partial charge in [-0.2, -0.15) is 0 Å². The second kappa shape index (κ2) is 2.71. The van der Waals surface area contributed by atoms with Crippen molar-refractivity contribution in [2.24, 2.45) is 0 Å². The molecule has 0 aromatic heterocycles. The van der Waals surface area contributed by atoms with Gasteiger partial charge in [-0.15, -0.1) is 0 Å². The van der Waals surface area contributed by atoms with Crippen molar-refractivity contribution in [1.82, 2.24) is 5.32 Å². The van der Waals surface area contributed by atoms with Crippen LogP contribution >= 0.6 is 0 Å². The number of rotatable bonds is 0. The van der Waals surface area contributed by atoms with Gasteiger partial charge < -0.3 is 14.6 Å². The van der Waals surface area contributed by atoms with E-state index >= 15 is 0 Å². The summed E-state index contributed by atoms with van der Waals surface area (Å²) in [6.07, 6.45) is 0.132. The lowest BCUT2D eigenvalue weighted by Crippen LogP contribution is -2.48. The minimum atomic E-state index is -0.625. The first-order valence-electron chi connectivity index (χ1n) is 3.96. The molecule has 0 aromatic rings. The molecular weight excluding hydrogens is 146 g/mol. The fourth-order valence-corrected chi connectivity index (χ4v) is 1.76. The highest BCUT2D eigenvalue weighted by Crippen LogP contribution is 2.24. The predicted molar refractivity (Wildman–Crippen MR) is 37.8 cm³/mol. The third kappa shape index (κ3) is 1.27. The molecule has 0 aliphatic carbocycles. The maximum atomic E-state index is 9.21. The van der Waals surface area contributed by atoms with Gasteiger partial charge in [-0.25, -0.2) is 0 Å². The van der Waals surface area contributed by atoms with Crippen molar-refractivity contribution in [2.45, 2.75) is 37.9 Å². The number of ether oxygens (including phenoxy) is 2. The van der Waals surface area contributed by atoms with Gasteiger partial charge in [-0.3, -0.25) is 5.32 Å². The first kappa shape index (κ1) is 7.49. The normalized spacial score (nSPS) is 50.7. The maximum absolute atomic E-state index is 9.21. The molecule has 11 heavy (non-hydrogen) atoms. The average molecular weight is 159 g/mol. The third-order valence-electron chi connectivity index (χ3n) is 2.31. The SMILES string of the molecule is C[C@@H]1O[C@@H](O)CC2NCO[C@@H]21. The first-order valence-corrected chi connectivity index (χ1v) is 3.96. The molecule has 0 radical (unpaired) electrons. The number of nitrogens with one attached hydrogen (secondary N) is 1. The third-order valence-corrected chi connectivity index (χ3v) is 2.31. The summed E-state index contributed by atoms with van der Waals surface area (Å²) in [6.45, 7) is 2.50. The minimum absolute atomic E-state index is 0.00116. The van der Waals surface area contributed by atoms with Crippen LogP contribution in [0.4, 0.5) is 0 Å². The molecule has 0 spiro atoms. The van der Waals surface area contributed by atoms with E-state index in [1.54, 1.807) is 0 Å². The molecule has 2 fully saturated rings. The number of aliphatic hydroxyl groups is 1. The van der Waals surface area contributed by atoms with Crippen molar-refractivity contribution in [3.8, 4) is 0 Å². The Morgan fingerprint density at radius 1 is 1.55 bits per heavy atom. The van der Waals surface area contributed by atoms with E-state index in [1.807, 2.05) is 6.92 Å². The highest BCUT2D eigenvalue weighted by atomic mass is 16.6. The molecular formula is C7H13NO3. The Kier molecular flexibility index (Phi) is 1.85. The zero-order chi connectivity index (χ0) is 7.84. The van der Waals surface area contributed by atoms with Crippen LogP contribution in [0.25, 0.3) is 0 Å². The highest BCUT2D eigenvalue weighted by molar-refractivity contribution is 4.89. The quantitative estimate of drug-likeness (QED) is 0.497. The molecule has 1 unspecified atom stereocenters. The second-order valence-corrected chi connectivity index (χ2v) is 3.12. The van der Waals surface area contributed by atoms with Gasteiger partial charge >= 0.3 is 0 Å². The lowest BCUT2D eigenvalue weighted by Gasteiger charge is -2.33. The predicted octanol–water partition coefficient (Wildman–Crippen LogP) is -0.572. The lowest BCUT2D eigenvalue weighted by molar-refractivity contribution is -0.194. The van der Waals surface area contributed by atoms with Crippen LogP contribution in [-0.2, 0) is 9.47 Å².